The molecule has 3 rings (SSSR count). The number of halogens is 1. The number of carbonyl (C=O) groups excluding carboxylic acids is 1. The molecule has 0 aliphatic carbocycles. The lowest BCUT2D eigenvalue weighted by Crippen LogP contribution is -2.13. The van der Waals surface area contributed by atoms with Gasteiger partial charge in [-0.05, 0) is 30.7 Å². The van der Waals surface area contributed by atoms with Crippen molar-refractivity contribution in [1.82, 2.24) is 10.2 Å². The molecule has 0 aliphatic heterocycles. The minimum atomic E-state index is -0.519. The van der Waals surface area contributed by atoms with E-state index in [1.165, 1.54) is 18.2 Å². The van der Waals surface area contributed by atoms with Gasteiger partial charge in [-0.2, -0.15) is 5.10 Å². The van der Waals surface area contributed by atoms with Gasteiger partial charge in [-0.1, -0.05) is 17.7 Å². The van der Waals surface area contributed by atoms with Crippen molar-refractivity contribution in [1.29, 1.82) is 0 Å². The third kappa shape index (κ3) is 2.74. The Morgan fingerprint density at radius 1 is 1.35 bits per heavy atom. The number of hydrogen-bond donors (Lipinski definition) is 2. The number of rotatable bonds is 3. The maximum Gasteiger partial charge on any atom is 0.276 e. The molecule has 0 bridgehead atoms. The minimum Gasteiger partial charge on any atom is -0.320 e. The normalized spacial score (nSPS) is 10.7. The minimum absolute atomic E-state index is 0.0862. The molecule has 0 fully saturated rings. The van der Waals surface area contributed by atoms with Crippen LogP contribution in [0.15, 0.2) is 36.4 Å². The number of nitrogens with one attached hydrogen (secondary N) is 2. The SMILES string of the molecule is Cc1c(Cl)cccc1NC(=O)c1n[nH]c2ccc([N+](=O)[O-])cc12. The summed E-state index contributed by atoms with van der Waals surface area (Å²) in [6.45, 7) is 1.78. The third-order valence-corrected chi connectivity index (χ3v) is 3.90. The van der Waals surface area contributed by atoms with Crippen LogP contribution in [0.3, 0.4) is 0 Å². The van der Waals surface area contributed by atoms with E-state index in [1.807, 2.05) is 0 Å². The molecular formula is C15H11ClN4O3. The van der Waals surface area contributed by atoms with Crippen molar-refractivity contribution >= 4 is 39.8 Å². The van der Waals surface area contributed by atoms with Gasteiger partial charge in [0.15, 0.2) is 5.69 Å². The van der Waals surface area contributed by atoms with Crippen LogP contribution in [0.4, 0.5) is 11.4 Å². The first-order valence-corrected chi connectivity index (χ1v) is 7.04. The molecular weight excluding hydrogens is 320 g/mol. The number of amides is 1. The molecule has 0 radical (unpaired) electrons. The van der Waals surface area contributed by atoms with Gasteiger partial charge in [0.05, 0.1) is 10.4 Å². The maximum atomic E-state index is 12.4. The Balaban J connectivity index is 1.99. The van der Waals surface area contributed by atoms with Crippen LogP contribution in [0, 0.1) is 17.0 Å². The van der Waals surface area contributed by atoms with Crippen LogP contribution in [-0.4, -0.2) is 21.0 Å². The number of nitro groups is 1. The number of aromatic amines is 1. The first-order chi connectivity index (χ1) is 11.0. The zero-order valence-corrected chi connectivity index (χ0v) is 12.7. The van der Waals surface area contributed by atoms with Crippen molar-refractivity contribution in [3.8, 4) is 0 Å². The fraction of sp³-hybridized carbons (Fsp3) is 0.0667. The van der Waals surface area contributed by atoms with Gasteiger partial charge in [0, 0.05) is 28.2 Å². The summed E-state index contributed by atoms with van der Waals surface area (Å²) >= 11 is 6.02. The highest BCUT2D eigenvalue weighted by molar-refractivity contribution is 6.31. The van der Waals surface area contributed by atoms with E-state index >= 15 is 0 Å². The number of anilines is 1. The predicted octanol–water partition coefficient (Wildman–Crippen LogP) is 3.69. The average Bonchev–Trinajstić information content (AvgIpc) is 2.94. The van der Waals surface area contributed by atoms with E-state index in [9.17, 15) is 14.9 Å². The van der Waals surface area contributed by atoms with Crippen LogP contribution >= 0.6 is 11.6 Å². The maximum absolute atomic E-state index is 12.4. The molecule has 0 saturated carbocycles. The van der Waals surface area contributed by atoms with Crippen LogP contribution in [0.5, 0.6) is 0 Å². The Morgan fingerprint density at radius 2 is 2.13 bits per heavy atom. The van der Waals surface area contributed by atoms with Crippen molar-refractivity contribution in [2.45, 2.75) is 6.92 Å². The molecule has 3 aromatic rings. The monoisotopic (exact) mass is 330 g/mol. The van der Waals surface area contributed by atoms with Crippen molar-refractivity contribution in [2.24, 2.45) is 0 Å². The highest BCUT2D eigenvalue weighted by Gasteiger charge is 2.18. The van der Waals surface area contributed by atoms with Gasteiger partial charge in [0.2, 0.25) is 0 Å². The summed E-state index contributed by atoms with van der Waals surface area (Å²) in [5.74, 6) is -0.470. The second-order valence-corrected chi connectivity index (χ2v) is 5.33. The van der Waals surface area contributed by atoms with Crippen LogP contribution in [0.1, 0.15) is 16.1 Å². The number of aromatic nitrogens is 2. The summed E-state index contributed by atoms with van der Waals surface area (Å²) < 4.78 is 0. The van der Waals surface area contributed by atoms with E-state index < -0.39 is 10.8 Å². The number of nitrogens with zero attached hydrogens (tertiary/aromatic N) is 2. The van der Waals surface area contributed by atoms with E-state index in [2.05, 4.69) is 15.5 Å². The molecule has 116 valence electrons. The van der Waals surface area contributed by atoms with Gasteiger partial charge in [-0.3, -0.25) is 20.0 Å². The average molecular weight is 331 g/mol. The fourth-order valence-electron chi connectivity index (χ4n) is 2.21. The number of hydrogen-bond acceptors (Lipinski definition) is 4. The van der Waals surface area contributed by atoms with E-state index in [1.54, 1.807) is 25.1 Å². The van der Waals surface area contributed by atoms with E-state index in [0.29, 0.717) is 21.6 Å². The highest BCUT2D eigenvalue weighted by Crippen LogP contribution is 2.25. The lowest BCUT2D eigenvalue weighted by molar-refractivity contribution is -0.384. The van der Waals surface area contributed by atoms with Crippen LogP contribution < -0.4 is 5.32 Å². The second-order valence-electron chi connectivity index (χ2n) is 4.93. The van der Waals surface area contributed by atoms with Gasteiger partial charge in [-0.25, -0.2) is 0 Å². The van der Waals surface area contributed by atoms with E-state index in [4.69, 9.17) is 11.6 Å². The smallest absolute Gasteiger partial charge is 0.276 e. The van der Waals surface area contributed by atoms with Crippen LogP contribution in [-0.2, 0) is 0 Å². The number of nitro benzene ring substituents is 1. The van der Waals surface area contributed by atoms with Gasteiger partial charge in [0.1, 0.15) is 0 Å². The Bertz CT molecular complexity index is 936. The molecule has 1 aromatic heterocycles. The van der Waals surface area contributed by atoms with Crippen LogP contribution in [0.25, 0.3) is 10.9 Å². The molecule has 1 amide bonds. The second kappa shape index (κ2) is 5.69. The summed E-state index contributed by atoms with van der Waals surface area (Å²) in [4.78, 5) is 22.8. The molecule has 2 N–H and O–H groups in total. The summed E-state index contributed by atoms with van der Waals surface area (Å²) in [5.41, 5.74) is 1.82. The van der Waals surface area contributed by atoms with E-state index in [0.717, 1.165) is 5.56 Å². The Labute approximate surface area is 135 Å². The Hall–Kier alpha value is -2.93. The fourth-order valence-corrected chi connectivity index (χ4v) is 2.39. The van der Waals surface area contributed by atoms with Gasteiger partial charge >= 0.3 is 0 Å². The molecule has 23 heavy (non-hydrogen) atoms. The Morgan fingerprint density at radius 3 is 2.87 bits per heavy atom. The number of H-pyrrole nitrogens is 1. The first-order valence-electron chi connectivity index (χ1n) is 6.66. The number of carbonyl (C=O) groups is 1. The molecule has 7 nitrogen and oxygen atoms in total. The molecule has 0 saturated heterocycles. The number of non-ortho nitro benzene ring substituents is 1. The molecule has 0 spiro atoms. The van der Waals surface area contributed by atoms with Gasteiger partial charge in [-0.15, -0.1) is 0 Å². The topological polar surface area (TPSA) is 101 Å². The predicted molar refractivity (Wildman–Crippen MR) is 86.9 cm³/mol. The molecule has 0 aliphatic rings. The zero-order valence-electron chi connectivity index (χ0n) is 12.0. The van der Waals surface area contributed by atoms with Crippen LogP contribution in [0.2, 0.25) is 5.02 Å². The molecule has 1 heterocycles. The van der Waals surface area contributed by atoms with Gasteiger partial charge < -0.3 is 5.32 Å². The number of fused-ring (bicyclic) bond motifs is 1. The van der Waals surface area contributed by atoms with Crippen molar-refractivity contribution in [2.75, 3.05) is 5.32 Å². The largest absolute Gasteiger partial charge is 0.320 e. The first kappa shape index (κ1) is 15.0. The quantitative estimate of drug-likeness (QED) is 0.565. The molecule has 0 atom stereocenters. The molecule has 2 aromatic carbocycles. The molecule has 0 unspecified atom stereocenters. The summed E-state index contributed by atoms with van der Waals surface area (Å²) in [6, 6.07) is 9.35. The van der Waals surface area contributed by atoms with E-state index in [-0.39, 0.29) is 11.4 Å². The lowest BCUT2D eigenvalue weighted by Gasteiger charge is -2.08. The summed E-state index contributed by atoms with van der Waals surface area (Å²) in [7, 11) is 0. The zero-order chi connectivity index (χ0) is 16.6. The van der Waals surface area contributed by atoms with Gasteiger partial charge in [0.25, 0.3) is 11.6 Å². The Kier molecular flexibility index (Phi) is 3.71. The van der Waals surface area contributed by atoms with Crippen molar-refractivity contribution in [3.05, 3.63) is 62.8 Å². The number of benzene rings is 2. The lowest BCUT2D eigenvalue weighted by atomic mass is 10.1. The van der Waals surface area contributed by atoms with Crippen molar-refractivity contribution in [3.63, 3.8) is 0 Å². The highest BCUT2D eigenvalue weighted by atomic mass is 35.5. The standard InChI is InChI=1S/C15H11ClN4O3/c1-8-11(16)3-2-4-12(8)17-15(21)14-10-7-9(20(22)23)5-6-13(10)18-19-14/h2-7H,1H3,(H,17,21)(H,18,19). The third-order valence-electron chi connectivity index (χ3n) is 3.49. The van der Waals surface area contributed by atoms with Crippen molar-refractivity contribution < 1.29 is 9.72 Å². The molecule has 8 heteroatoms. The summed E-state index contributed by atoms with van der Waals surface area (Å²) in [6.07, 6.45) is 0. The summed E-state index contributed by atoms with van der Waals surface area (Å²) in [5, 5.41) is 21.2.